The molecule has 1 amide bonds. The van der Waals surface area contributed by atoms with Crippen LogP contribution in [0.4, 0.5) is 4.79 Å². The van der Waals surface area contributed by atoms with E-state index in [-0.39, 0.29) is 18.9 Å². The molecule has 0 N–H and O–H groups in total. The first-order chi connectivity index (χ1) is 16.7. The van der Waals surface area contributed by atoms with Crippen LogP contribution in [-0.4, -0.2) is 61.8 Å². The number of nitrogens with zero attached hydrogens (tertiary/aromatic N) is 1. The molecule has 0 unspecified atom stereocenters. The van der Waals surface area contributed by atoms with E-state index < -0.39 is 11.2 Å². The van der Waals surface area contributed by atoms with Crippen LogP contribution in [0.2, 0.25) is 0 Å². The maximum atomic E-state index is 12.6. The highest BCUT2D eigenvalue weighted by molar-refractivity contribution is 5.78. The summed E-state index contributed by atoms with van der Waals surface area (Å²) in [6.45, 7) is 9.08. The lowest BCUT2D eigenvalue weighted by atomic mass is 9.83. The second-order valence-corrected chi connectivity index (χ2v) is 10.00. The van der Waals surface area contributed by atoms with E-state index in [9.17, 15) is 9.59 Å². The molecular weight excluding hydrogens is 450 g/mol. The molecule has 0 bridgehead atoms. The summed E-state index contributed by atoms with van der Waals surface area (Å²) in [6, 6.07) is 5.79. The van der Waals surface area contributed by atoms with Crippen molar-refractivity contribution in [2.24, 2.45) is 0 Å². The molecule has 1 spiro atoms. The van der Waals surface area contributed by atoms with Crippen LogP contribution in [0.1, 0.15) is 71.8 Å². The Labute approximate surface area is 208 Å². The lowest BCUT2D eigenvalue weighted by Crippen LogP contribution is -2.50. The van der Waals surface area contributed by atoms with Crippen LogP contribution < -0.4 is 9.47 Å². The lowest BCUT2D eigenvalue weighted by Gasteiger charge is -2.43. The standard InChI is InChI=1S/C27H39NO7/c1-6-32-23(29)13-8-7-10-20-18-27(14-16-28(17-15-27)25(30)35-26(2,3)4)34-22-12-9-11-21(24(20)22)33-19-31-5/h9,11-12,18H,6-8,10,13-17,19H2,1-5H3. The Morgan fingerprint density at radius 1 is 1.14 bits per heavy atom. The highest BCUT2D eigenvalue weighted by Crippen LogP contribution is 2.46. The Morgan fingerprint density at radius 2 is 1.89 bits per heavy atom. The average molecular weight is 490 g/mol. The minimum Gasteiger partial charge on any atom is -0.482 e. The van der Waals surface area contributed by atoms with E-state index in [2.05, 4.69) is 6.08 Å². The second kappa shape index (κ2) is 11.8. The van der Waals surface area contributed by atoms with Gasteiger partial charge in [0.25, 0.3) is 0 Å². The van der Waals surface area contributed by atoms with E-state index in [1.165, 1.54) is 0 Å². The molecule has 0 aromatic heterocycles. The molecule has 35 heavy (non-hydrogen) atoms. The fourth-order valence-corrected chi connectivity index (χ4v) is 4.45. The topological polar surface area (TPSA) is 83.5 Å². The zero-order valence-corrected chi connectivity index (χ0v) is 21.7. The Bertz CT molecular complexity index is 911. The number of methoxy groups -OCH3 is 1. The number of piperidine rings is 1. The number of likely N-dealkylation sites (tertiary alicyclic amines) is 1. The van der Waals surface area contributed by atoms with E-state index in [1.54, 1.807) is 12.0 Å². The monoisotopic (exact) mass is 489 g/mol. The van der Waals surface area contributed by atoms with Gasteiger partial charge in [-0.1, -0.05) is 6.07 Å². The van der Waals surface area contributed by atoms with Crippen LogP contribution in [0.25, 0.3) is 5.57 Å². The summed E-state index contributed by atoms with van der Waals surface area (Å²) in [7, 11) is 1.59. The number of rotatable bonds is 9. The summed E-state index contributed by atoms with van der Waals surface area (Å²) < 4.78 is 28.1. The number of ether oxygens (including phenoxy) is 5. The maximum Gasteiger partial charge on any atom is 0.410 e. The molecule has 0 aliphatic carbocycles. The summed E-state index contributed by atoms with van der Waals surface area (Å²) in [5.41, 5.74) is 1.04. The largest absolute Gasteiger partial charge is 0.482 e. The molecule has 1 fully saturated rings. The van der Waals surface area contributed by atoms with Gasteiger partial charge in [0.1, 0.15) is 22.7 Å². The SMILES string of the molecule is CCOC(=O)CCCCC1=CC2(CCN(C(=O)OC(C)(C)C)CC2)Oc2cccc(OCOC)c21. The number of carbonyl (C=O) groups excluding carboxylic acids is 2. The van der Waals surface area contributed by atoms with Crippen molar-refractivity contribution in [1.82, 2.24) is 4.90 Å². The Balaban J connectivity index is 1.77. The zero-order chi connectivity index (χ0) is 25.5. The Kier molecular flexibility index (Phi) is 9.05. The summed E-state index contributed by atoms with van der Waals surface area (Å²) >= 11 is 0. The third-order valence-electron chi connectivity index (χ3n) is 6.04. The quantitative estimate of drug-likeness (QED) is 0.263. The highest BCUT2D eigenvalue weighted by Gasteiger charge is 2.41. The number of allylic oxidation sites excluding steroid dienone is 1. The molecule has 1 aromatic carbocycles. The summed E-state index contributed by atoms with van der Waals surface area (Å²) in [6.07, 6.45) is 6.01. The predicted molar refractivity (Wildman–Crippen MR) is 132 cm³/mol. The fraction of sp³-hybridized carbons (Fsp3) is 0.630. The Hall–Kier alpha value is -2.74. The number of hydrogen-bond acceptors (Lipinski definition) is 7. The molecule has 0 radical (unpaired) electrons. The van der Waals surface area contributed by atoms with E-state index in [0.717, 1.165) is 36.1 Å². The molecule has 3 rings (SSSR count). The highest BCUT2D eigenvalue weighted by atomic mass is 16.7. The van der Waals surface area contributed by atoms with Crippen LogP contribution >= 0.6 is 0 Å². The van der Waals surface area contributed by atoms with Crippen LogP contribution in [0, 0.1) is 0 Å². The predicted octanol–water partition coefficient (Wildman–Crippen LogP) is 5.34. The van der Waals surface area contributed by atoms with Crippen molar-refractivity contribution < 1.29 is 33.3 Å². The van der Waals surface area contributed by atoms with E-state index in [4.69, 9.17) is 23.7 Å². The van der Waals surface area contributed by atoms with E-state index in [0.29, 0.717) is 44.7 Å². The number of benzene rings is 1. The molecule has 0 saturated carbocycles. The number of carbonyl (C=O) groups is 2. The molecule has 0 atom stereocenters. The van der Waals surface area contributed by atoms with Gasteiger partial charge in [0.05, 0.1) is 12.2 Å². The molecule has 8 nitrogen and oxygen atoms in total. The number of fused-ring (bicyclic) bond motifs is 1. The van der Waals surface area contributed by atoms with Crippen molar-refractivity contribution in [3.05, 3.63) is 29.8 Å². The second-order valence-electron chi connectivity index (χ2n) is 10.00. The van der Waals surface area contributed by atoms with Crippen molar-refractivity contribution in [2.75, 3.05) is 33.6 Å². The maximum absolute atomic E-state index is 12.6. The van der Waals surface area contributed by atoms with Gasteiger partial charge >= 0.3 is 12.1 Å². The number of hydrogen-bond donors (Lipinski definition) is 0. The molecule has 8 heteroatoms. The van der Waals surface area contributed by atoms with Crippen molar-refractivity contribution in [3.8, 4) is 11.5 Å². The van der Waals surface area contributed by atoms with Gasteiger partial charge in [0.15, 0.2) is 6.79 Å². The van der Waals surface area contributed by atoms with Crippen LogP contribution in [0.3, 0.4) is 0 Å². The minimum atomic E-state index is -0.526. The van der Waals surface area contributed by atoms with Crippen LogP contribution in [-0.2, 0) is 19.0 Å². The van der Waals surface area contributed by atoms with E-state index >= 15 is 0 Å². The normalized spacial score (nSPS) is 16.7. The van der Waals surface area contributed by atoms with Gasteiger partial charge in [-0.3, -0.25) is 4.79 Å². The van der Waals surface area contributed by atoms with E-state index in [1.807, 2.05) is 45.9 Å². The summed E-state index contributed by atoms with van der Waals surface area (Å²) in [4.78, 5) is 26.0. The van der Waals surface area contributed by atoms with Crippen LogP contribution in [0.15, 0.2) is 24.3 Å². The van der Waals surface area contributed by atoms with Gasteiger partial charge in [-0.2, -0.15) is 0 Å². The fourth-order valence-electron chi connectivity index (χ4n) is 4.45. The third kappa shape index (κ3) is 7.37. The van der Waals surface area contributed by atoms with Gasteiger partial charge in [-0.25, -0.2) is 4.79 Å². The lowest BCUT2D eigenvalue weighted by molar-refractivity contribution is -0.143. The zero-order valence-electron chi connectivity index (χ0n) is 21.7. The van der Waals surface area contributed by atoms with Gasteiger partial charge in [0, 0.05) is 39.5 Å². The first-order valence-electron chi connectivity index (χ1n) is 12.5. The summed E-state index contributed by atoms with van der Waals surface area (Å²) in [5, 5.41) is 0. The van der Waals surface area contributed by atoms with Crippen molar-refractivity contribution in [3.63, 3.8) is 0 Å². The molecule has 1 aromatic rings. The summed E-state index contributed by atoms with van der Waals surface area (Å²) in [5.74, 6) is 1.32. The first-order valence-corrected chi connectivity index (χ1v) is 12.5. The molecule has 2 aliphatic heterocycles. The first kappa shape index (κ1) is 26.9. The van der Waals surface area contributed by atoms with Crippen molar-refractivity contribution >= 4 is 17.6 Å². The Morgan fingerprint density at radius 3 is 2.54 bits per heavy atom. The van der Waals surface area contributed by atoms with Gasteiger partial charge in [0.2, 0.25) is 0 Å². The number of amides is 1. The van der Waals surface area contributed by atoms with Gasteiger partial charge in [-0.15, -0.1) is 0 Å². The van der Waals surface area contributed by atoms with Gasteiger partial charge in [-0.05, 0) is 70.7 Å². The molecule has 1 saturated heterocycles. The van der Waals surface area contributed by atoms with Gasteiger partial charge < -0.3 is 28.6 Å². The van der Waals surface area contributed by atoms with Crippen LogP contribution in [0.5, 0.6) is 11.5 Å². The number of unbranched alkanes of at least 4 members (excludes halogenated alkanes) is 1. The number of esters is 1. The third-order valence-corrected chi connectivity index (χ3v) is 6.04. The molecule has 2 heterocycles. The molecule has 194 valence electrons. The molecular formula is C27H39NO7. The van der Waals surface area contributed by atoms with Crippen molar-refractivity contribution in [2.45, 2.75) is 77.4 Å². The molecule has 2 aliphatic rings. The average Bonchev–Trinajstić information content (AvgIpc) is 2.79. The van der Waals surface area contributed by atoms with Crippen molar-refractivity contribution in [1.29, 1.82) is 0 Å². The smallest absolute Gasteiger partial charge is 0.410 e. The minimum absolute atomic E-state index is 0.141.